The van der Waals surface area contributed by atoms with Crippen molar-refractivity contribution in [3.05, 3.63) is 27.9 Å². The zero-order valence-electron chi connectivity index (χ0n) is 11.0. The third-order valence-corrected chi connectivity index (χ3v) is 5.34. The fraction of sp³-hybridized carbons (Fsp3) is 0.308. The van der Waals surface area contributed by atoms with Crippen molar-refractivity contribution in [1.82, 2.24) is 10.3 Å². The van der Waals surface area contributed by atoms with E-state index < -0.39 is 12.0 Å². The minimum atomic E-state index is -1.00. The van der Waals surface area contributed by atoms with Gasteiger partial charge in [0.2, 0.25) is 6.41 Å². The first kappa shape index (κ1) is 16.0. The molecule has 1 atom stereocenters. The molecular weight excluding hydrogens is 328 g/mol. The molecule has 1 amide bonds. The number of carboxylic acids is 1. The van der Waals surface area contributed by atoms with Gasteiger partial charge in [0.1, 0.15) is 11.0 Å². The number of carboxylic acid groups (broad SMARTS) is 1. The lowest BCUT2D eigenvalue weighted by Crippen LogP contribution is -2.36. The number of hydrogen-bond donors (Lipinski definition) is 2. The summed E-state index contributed by atoms with van der Waals surface area (Å²) < 4.78 is 0. The van der Waals surface area contributed by atoms with Crippen LogP contribution >= 0.6 is 34.4 Å². The van der Waals surface area contributed by atoms with Crippen LogP contribution < -0.4 is 5.32 Å². The predicted octanol–water partition coefficient (Wildman–Crippen LogP) is 2.69. The molecule has 0 aliphatic heterocycles. The lowest BCUT2D eigenvalue weighted by Gasteiger charge is -2.09. The van der Waals surface area contributed by atoms with E-state index in [0.717, 1.165) is 22.0 Å². The summed E-state index contributed by atoms with van der Waals surface area (Å²) in [6.45, 7) is 0. The van der Waals surface area contributed by atoms with Gasteiger partial charge < -0.3 is 10.4 Å². The van der Waals surface area contributed by atoms with E-state index in [1.165, 1.54) is 0 Å². The maximum absolute atomic E-state index is 10.8. The smallest absolute Gasteiger partial charge is 0.326 e. The Labute approximate surface area is 134 Å². The van der Waals surface area contributed by atoms with Gasteiger partial charge in [0.15, 0.2) is 0 Å². The molecule has 21 heavy (non-hydrogen) atoms. The molecule has 0 saturated carbocycles. The largest absolute Gasteiger partial charge is 0.480 e. The van der Waals surface area contributed by atoms with E-state index in [9.17, 15) is 9.59 Å². The molecule has 5 nitrogen and oxygen atoms in total. The molecule has 112 valence electrons. The normalized spacial score (nSPS) is 12.0. The highest BCUT2D eigenvalue weighted by atomic mass is 32.2. The second-order valence-electron chi connectivity index (χ2n) is 4.17. The maximum Gasteiger partial charge on any atom is 0.326 e. The minimum Gasteiger partial charge on any atom is -0.480 e. The zero-order valence-corrected chi connectivity index (χ0v) is 13.5. The maximum atomic E-state index is 10.8. The van der Waals surface area contributed by atoms with Gasteiger partial charge in [0, 0.05) is 22.1 Å². The molecule has 2 heterocycles. The van der Waals surface area contributed by atoms with Crippen LogP contribution in [0.2, 0.25) is 0 Å². The van der Waals surface area contributed by atoms with Gasteiger partial charge in [0.05, 0.1) is 5.69 Å². The Morgan fingerprint density at radius 3 is 3.05 bits per heavy atom. The Morgan fingerprint density at radius 1 is 1.52 bits per heavy atom. The first-order valence-electron chi connectivity index (χ1n) is 6.18. The van der Waals surface area contributed by atoms with E-state index in [4.69, 9.17) is 5.11 Å². The molecule has 2 aromatic rings. The lowest BCUT2D eigenvalue weighted by molar-refractivity contribution is -0.140. The highest BCUT2D eigenvalue weighted by molar-refractivity contribution is 7.98. The van der Waals surface area contributed by atoms with E-state index in [1.807, 2.05) is 16.8 Å². The summed E-state index contributed by atoms with van der Waals surface area (Å²) in [6, 6.07) is 1.23. The Hall–Kier alpha value is -1.38. The number of aromatic nitrogens is 1. The van der Waals surface area contributed by atoms with Gasteiger partial charge in [-0.25, -0.2) is 9.78 Å². The van der Waals surface area contributed by atoms with Crippen LogP contribution in [0.3, 0.4) is 0 Å². The summed E-state index contributed by atoms with van der Waals surface area (Å²) in [5.41, 5.74) is 2.14. The number of amides is 1. The summed E-state index contributed by atoms with van der Waals surface area (Å²) in [5, 5.41) is 18.3. The average Bonchev–Trinajstić information content (AvgIpc) is 3.12. The second-order valence-corrected chi connectivity index (χ2v) is 6.92. The first-order chi connectivity index (χ1) is 10.2. The molecule has 2 rings (SSSR count). The summed E-state index contributed by atoms with van der Waals surface area (Å²) in [7, 11) is 0. The van der Waals surface area contributed by atoms with Gasteiger partial charge in [-0.2, -0.15) is 23.1 Å². The molecule has 0 aromatic carbocycles. The Kier molecular flexibility index (Phi) is 6.21. The zero-order chi connectivity index (χ0) is 15.1. The molecule has 8 heteroatoms. The molecular formula is C13H14N2O3S3. The van der Waals surface area contributed by atoms with Crippen LogP contribution in [0.15, 0.2) is 22.2 Å². The van der Waals surface area contributed by atoms with Crippen molar-refractivity contribution in [2.45, 2.75) is 18.2 Å². The Balaban J connectivity index is 1.76. The van der Waals surface area contributed by atoms with Crippen molar-refractivity contribution in [1.29, 1.82) is 0 Å². The predicted molar refractivity (Wildman–Crippen MR) is 86.8 cm³/mol. The topological polar surface area (TPSA) is 79.3 Å². The highest BCUT2D eigenvalue weighted by Gasteiger charge is 2.15. The van der Waals surface area contributed by atoms with Crippen LogP contribution in [-0.4, -0.2) is 34.3 Å². The van der Waals surface area contributed by atoms with Gasteiger partial charge in [-0.15, -0.1) is 11.3 Å². The van der Waals surface area contributed by atoms with Crippen molar-refractivity contribution in [3.63, 3.8) is 0 Å². The van der Waals surface area contributed by atoms with Gasteiger partial charge in [-0.05, 0) is 23.6 Å². The standard InChI is InChI=1S/C13H14N2O3S3/c16-8-14-11(13(17)18)2-4-20-6-10-7-21-12(15-10)9-1-3-19-5-9/h1,3,5,7-8,11H,2,4,6H2,(H,14,16)(H,17,18). The van der Waals surface area contributed by atoms with Gasteiger partial charge in [-0.3, -0.25) is 4.79 Å². The van der Waals surface area contributed by atoms with E-state index in [2.05, 4.69) is 15.7 Å². The molecule has 0 aliphatic rings. The summed E-state index contributed by atoms with van der Waals surface area (Å²) >= 11 is 4.88. The quantitative estimate of drug-likeness (QED) is 0.541. The van der Waals surface area contributed by atoms with Crippen molar-refractivity contribution < 1.29 is 14.7 Å². The molecule has 2 aromatic heterocycles. The Bertz CT molecular complexity index is 583. The molecule has 1 unspecified atom stereocenters. The van der Waals surface area contributed by atoms with Crippen LogP contribution in [0.1, 0.15) is 12.1 Å². The van der Waals surface area contributed by atoms with E-state index in [1.54, 1.807) is 34.4 Å². The molecule has 0 saturated heterocycles. The van der Waals surface area contributed by atoms with E-state index in [-0.39, 0.29) is 0 Å². The number of rotatable bonds is 9. The minimum absolute atomic E-state index is 0.403. The van der Waals surface area contributed by atoms with E-state index in [0.29, 0.717) is 18.6 Å². The van der Waals surface area contributed by atoms with Gasteiger partial charge in [-0.1, -0.05) is 0 Å². The number of hydrogen-bond acceptors (Lipinski definition) is 6. The summed E-state index contributed by atoms with van der Waals surface area (Å²) in [4.78, 5) is 25.7. The summed E-state index contributed by atoms with van der Waals surface area (Å²) in [6.07, 6.45) is 0.831. The number of thioether (sulfide) groups is 1. The monoisotopic (exact) mass is 342 g/mol. The highest BCUT2D eigenvalue weighted by Crippen LogP contribution is 2.27. The average molecular weight is 342 g/mol. The fourth-order valence-corrected chi connectivity index (χ4v) is 4.17. The molecule has 0 spiro atoms. The van der Waals surface area contributed by atoms with Crippen molar-refractivity contribution in [3.8, 4) is 10.6 Å². The molecule has 0 bridgehead atoms. The SMILES string of the molecule is O=CNC(CCSCc1csc(-c2ccsc2)n1)C(=O)O. The van der Waals surface area contributed by atoms with E-state index >= 15 is 0 Å². The number of nitrogens with one attached hydrogen (secondary N) is 1. The number of nitrogens with zero attached hydrogens (tertiary/aromatic N) is 1. The second kappa shape index (κ2) is 8.16. The molecule has 0 radical (unpaired) electrons. The Morgan fingerprint density at radius 2 is 2.38 bits per heavy atom. The third-order valence-electron chi connectivity index (χ3n) is 2.69. The van der Waals surface area contributed by atoms with Crippen LogP contribution in [0, 0.1) is 0 Å². The van der Waals surface area contributed by atoms with Crippen molar-refractivity contribution in [2.24, 2.45) is 0 Å². The van der Waals surface area contributed by atoms with Crippen LogP contribution in [0.25, 0.3) is 10.6 Å². The number of aliphatic carboxylic acids is 1. The van der Waals surface area contributed by atoms with Gasteiger partial charge >= 0.3 is 5.97 Å². The van der Waals surface area contributed by atoms with Crippen LogP contribution in [0.5, 0.6) is 0 Å². The number of carbonyl (C=O) groups is 2. The van der Waals surface area contributed by atoms with Crippen molar-refractivity contribution >= 4 is 46.8 Å². The van der Waals surface area contributed by atoms with Crippen LogP contribution in [-0.2, 0) is 15.3 Å². The van der Waals surface area contributed by atoms with Gasteiger partial charge in [0.25, 0.3) is 0 Å². The molecule has 0 fully saturated rings. The number of thiazole rings is 1. The molecule has 2 N–H and O–H groups in total. The van der Waals surface area contributed by atoms with Crippen molar-refractivity contribution in [2.75, 3.05) is 5.75 Å². The summed E-state index contributed by atoms with van der Waals surface area (Å²) in [5.74, 6) is 0.396. The fourth-order valence-electron chi connectivity index (χ4n) is 1.63. The first-order valence-corrected chi connectivity index (χ1v) is 9.15. The number of carbonyl (C=O) groups excluding carboxylic acids is 1. The van der Waals surface area contributed by atoms with Crippen LogP contribution in [0.4, 0.5) is 0 Å². The molecule has 0 aliphatic carbocycles. The number of thiophene rings is 1. The lowest BCUT2D eigenvalue weighted by atomic mass is 10.2. The third kappa shape index (κ3) is 4.83.